The fourth-order valence-electron chi connectivity index (χ4n) is 0.697. The monoisotopic (exact) mass is 209 g/mol. The number of aromatic nitrogens is 1. The van der Waals surface area contributed by atoms with Crippen molar-refractivity contribution in [3.63, 3.8) is 0 Å². The lowest BCUT2D eigenvalue weighted by Gasteiger charge is -2.09. The standard InChI is InChI=1S/C6H5F2NO3S/c1-12-4-3(2-13-9-4)6(7,8)5(10)11/h2H,1H3,(H,10,11). The Kier molecular flexibility index (Phi) is 2.46. The molecule has 7 heteroatoms. The summed E-state index contributed by atoms with van der Waals surface area (Å²) in [5, 5.41) is 9.16. The molecule has 0 unspecified atom stereocenters. The van der Waals surface area contributed by atoms with Gasteiger partial charge in [0, 0.05) is 5.38 Å². The van der Waals surface area contributed by atoms with E-state index >= 15 is 0 Å². The number of carboxylic acids is 1. The maximum absolute atomic E-state index is 12.8. The molecule has 0 bridgehead atoms. The van der Waals surface area contributed by atoms with Crippen LogP contribution >= 0.6 is 11.5 Å². The van der Waals surface area contributed by atoms with Crippen molar-refractivity contribution in [1.82, 2.24) is 4.37 Å². The minimum atomic E-state index is -3.95. The highest BCUT2D eigenvalue weighted by Gasteiger charge is 2.44. The number of halogens is 2. The van der Waals surface area contributed by atoms with Gasteiger partial charge in [-0.05, 0) is 11.5 Å². The normalized spacial score (nSPS) is 11.3. The van der Waals surface area contributed by atoms with Crippen molar-refractivity contribution in [3.05, 3.63) is 10.9 Å². The summed E-state index contributed by atoms with van der Waals surface area (Å²) >= 11 is 0.717. The highest BCUT2D eigenvalue weighted by Crippen LogP contribution is 2.35. The van der Waals surface area contributed by atoms with Crippen LogP contribution in [0.5, 0.6) is 5.88 Å². The van der Waals surface area contributed by atoms with Crippen molar-refractivity contribution in [2.75, 3.05) is 7.11 Å². The number of carboxylic acid groups (broad SMARTS) is 1. The van der Waals surface area contributed by atoms with Gasteiger partial charge >= 0.3 is 11.9 Å². The molecule has 0 radical (unpaired) electrons. The van der Waals surface area contributed by atoms with Crippen LogP contribution in [0.3, 0.4) is 0 Å². The van der Waals surface area contributed by atoms with E-state index in [1.54, 1.807) is 0 Å². The van der Waals surface area contributed by atoms with Gasteiger partial charge in [-0.1, -0.05) is 0 Å². The predicted octanol–water partition coefficient (Wildman–Crippen LogP) is 1.33. The van der Waals surface area contributed by atoms with E-state index in [1.165, 1.54) is 0 Å². The van der Waals surface area contributed by atoms with Gasteiger partial charge in [-0.15, -0.1) is 0 Å². The van der Waals surface area contributed by atoms with Gasteiger partial charge in [0.1, 0.15) is 5.56 Å². The van der Waals surface area contributed by atoms with E-state index < -0.39 is 17.5 Å². The highest BCUT2D eigenvalue weighted by atomic mass is 32.1. The third-order valence-electron chi connectivity index (χ3n) is 1.34. The zero-order chi connectivity index (χ0) is 10.1. The van der Waals surface area contributed by atoms with Gasteiger partial charge in [0.2, 0.25) is 5.88 Å². The smallest absolute Gasteiger partial charge is 0.379 e. The Morgan fingerprint density at radius 3 is 2.85 bits per heavy atom. The SMILES string of the molecule is COc1nscc1C(F)(F)C(=O)O. The summed E-state index contributed by atoms with van der Waals surface area (Å²) in [6.07, 6.45) is 0. The van der Waals surface area contributed by atoms with Crippen molar-refractivity contribution < 1.29 is 23.4 Å². The van der Waals surface area contributed by atoms with Crippen LogP contribution in [0.15, 0.2) is 5.38 Å². The van der Waals surface area contributed by atoms with Crippen LogP contribution in [0.2, 0.25) is 0 Å². The van der Waals surface area contributed by atoms with Crippen molar-refractivity contribution in [1.29, 1.82) is 0 Å². The Morgan fingerprint density at radius 2 is 2.38 bits per heavy atom. The van der Waals surface area contributed by atoms with Crippen molar-refractivity contribution >= 4 is 17.5 Å². The summed E-state index contributed by atoms with van der Waals surface area (Å²) in [5.41, 5.74) is -0.715. The molecule has 0 aliphatic carbocycles. The molecule has 0 aliphatic heterocycles. The van der Waals surface area contributed by atoms with E-state index in [0.717, 1.165) is 12.5 Å². The summed E-state index contributed by atoms with van der Waals surface area (Å²) in [5.74, 6) is -6.51. The first kappa shape index (κ1) is 9.85. The topological polar surface area (TPSA) is 59.4 Å². The van der Waals surface area contributed by atoms with E-state index in [0.29, 0.717) is 11.5 Å². The van der Waals surface area contributed by atoms with E-state index in [2.05, 4.69) is 9.11 Å². The van der Waals surface area contributed by atoms with Crippen LogP contribution in [-0.2, 0) is 10.7 Å². The molecule has 0 spiro atoms. The molecule has 72 valence electrons. The van der Waals surface area contributed by atoms with Crippen molar-refractivity contribution in [3.8, 4) is 5.88 Å². The molecule has 4 nitrogen and oxygen atoms in total. The molecule has 1 N–H and O–H groups in total. The maximum atomic E-state index is 12.8. The second-order valence-electron chi connectivity index (χ2n) is 2.12. The quantitative estimate of drug-likeness (QED) is 0.815. The number of carbonyl (C=O) groups is 1. The number of rotatable bonds is 3. The van der Waals surface area contributed by atoms with Crippen LogP contribution in [0.1, 0.15) is 5.56 Å². The Bertz CT molecular complexity index is 325. The lowest BCUT2D eigenvalue weighted by Crippen LogP contribution is -2.25. The molecule has 0 saturated heterocycles. The summed E-state index contributed by atoms with van der Waals surface area (Å²) in [6.45, 7) is 0. The largest absolute Gasteiger partial charge is 0.480 e. The van der Waals surface area contributed by atoms with Gasteiger partial charge < -0.3 is 9.84 Å². The zero-order valence-electron chi connectivity index (χ0n) is 6.45. The van der Waals surface area contributed by atoms with E-state index in [9.17, 15) is 13.6 Å². The van der Waals surface area contributed by atoms with Crippen LogP contribution in [-0.4, -0.2) is 22.6 Å². The lowest BCUT2D eigenvalue weighted by molar-refractivity contribution is -0.166. The first-order valence-corrected chi connectivity index (χ1v) is 3.94. The summed E-state index contributed by atoms with van der Waals surface area (Å²) < 4.78 is 33.6. The second-order valence-corrected chi connectivity index (χ2v) is 2.75. The summed E-state index contributed by atoms with van der Waals surface area (Å²) in [6, 6.07) is 0. The Labute approximate surface area is 75.9 Å². The van der Waals surface area contributed by atoms with Crippen molar-refractivity contribution in [2.24, 2.45) is 0 Å². The molecule has 1 aromatic heterocycles. The number of nitrogens with zero attached hydrogens (tertiary/aromatic N) is 1. The molecule has 1 heterocycles. The van der Waals surface area contributed by atoms with E-state index in [1.807, 2.05) is 0 Å². The number of alkyl halides is 2. The van der Waals surface area contributed by atoms with Gasteiger partial charge in [-0.25, -0.2) is 4.79 Å². The molecule has 1 rings (SSSR count). The van der Waals surface area contributed by atoms with Gasteiger partial charge in [-0.2, -0.15) is 13.2 Å². The van der Waals surface area contributed by atoms with Gasteiger partial charge in [0.15, 0.2) is 0 Å². The minimum absolute atomic E-state index is 0.350. The Balaban J connectivity index is 3.13. The molecular weight excluding hydrogens is 204 g/mol. The average Bonchev–Trinajstić information content (AvgIpc) is 2.51. The molecule has 13 heavy (non-hydrogen) atoms. The molecule has 0 amide bonds. The number of methoxy groups -OCH3 is 1. The summed E-state index contributed by atoms with van der Waals surface area (Å²) in [7, 11) is 1.15. The predicted molar refractivity (Wildman–Crippen MR) is 40.2 cm³/mol. The van der Waals surface area contributed by atoms with Gasteiger partial charge in [-0.3, -0.25) is 0 Å². The molecule has 0 aromatic carbocycles. The molecule has 0 fully saturated rings. The molecule has 0 aliphatic rings. The highest BCUT2D eigenvalue weighted by molar-refractivity contribution is 7.03. The number of hydrogen-bond donors (Lipinski definition) is 1. The molecule has 0 saturated carbocycles. The second kappa shape index (κ2) is 3.25. The van der Waals surface area contributed by atoms with E-state index in [-0.39, 0.29) is 5.88 Å². The Morgan fingerprint density at radius 1 is 1.77 bits per heavy atom. The maximum Gasteiger partial charge on any atom is 0.379 e. The number of ether oxygens (including phenoxy) is 1. The lowest BCUT2D eigenvalue weighted by atomic mass is 10.2. The van der Waals surface area contributed by atoms with Crippen LogP contribution in [0.4, 0.5) is 8.78 Å². The third-order valence-corrected chi connectivity index (χ3v) is 1.95. The first-order chi connectivity index (χ1) is 6.00. The third kappa shape index (κ3) is 1.59. The number of aliphatic carboxylic acids is 1. The fraction of sp³-hybridized carbons (Fsp3) is 0.333. The molecular formula is C6H5F2NO3S. The number of hydrogen-bond acceptors (Lipinski definition) is 4. The fourth-order valence-corrected chi connectivity index (χ4v) is 1.37. The Hall–Kier alpha value is -1.24. The average molecular weight is 209 g/mol. The van der Waals surface area contributed by atoms with E-state index in [4.69, 9.17) is 5.11 Å². The summed E-state index contributed by atoms with van der Waals surface area (Å²) in [4.78, 5) is 10.2. The minimum Gasteiger partial charge on any atom is -0.480 e. The van der Waals surface area contributed by atoms with Gasteiger partial charge in [0.25, 0.3) is 0 Å². The van der Waals surface area contributed by atoms with Gasteiger partial charge in [0.05, 0.1) is 7.11 Å². The van der Waals surface area contributed by atoms with Crippen LogP contribution in [0.25, 0.3) is 0 Å². The van der Waals surface area contributed by atoms with Crippen molar-refractivity contribution in [2.45, 2.75) is 5.92 Å². The van der Waals surface area contributed by atoms with Crippen LogP contribution < -0.4 is 4.74 Å². The molecule has 1 aromatic rings. The van der Waals surface area contributed by atoms with Crippen LogP contribution in [0, 0.1) is 0 Å². The zero-order valence-corrected chi connectivity index (χ0v) is 7.27. The molecule has 0 atom stereocenters. The first-order valence-electron chi connectivity index (χ1n) is 3.10.